The maximum absolute atomic E-state index is 11.2. The Labute approximate surface area is 122 Å². The van der Waals surface area contributed by atoms with Crippen molar-refractivity contribution in [1.29, 1.82) is 0 Å². The van der Waals surface area contributed by atoms with E-state index >= 15 is 0 Å². The molecule has 0 unspecified atom stereocenters. The molecule has 0 saturated carbocycles. The Morgan fingerprint density at radius 3 is 2.70 bits per heavy atom. The molecule has 5 heteroatoms. The largest absolute Gasteiger partial charge is 0.477 e. The van der Waals surface area contributed by atoms with Crippen molar-refractivity contribution in [2.75, 3.05) is 5.75 Å². The fourth-order valence-electron chi connectivity index (χ4n) is 1.88. The first-order chi connectivity index (χ1) is 9.65. The second-order valence-electron chi connectivity index (χ2n) is 4.15. The number of thioether (sulfide) groups is 1. The zero-order chi connectivity index (χ0) is 14.5. The molecular weight excluding hydrogens is 272 g/mol. The molecule has 4 nitrogen and oxygen atoms in total. The molecule has 0 saturated heterocycles. The number of carboxylic acid groups (broad SMARTS) is 1. The summed E-state index contributed by atoms with van der Waals surface area (Å²) in [7, 11) is 0. The van der Waals surface area contributed by atoms with E-state index in [1.54, 1.807) is 23.9 Å². The zero-order valence-corrected chi connectivity index (χ0v) is 12.1. The van der Waals surface area contributed by atoms with Crippen LogP contribution in [0.2, 0.25) is 0 Å². The number of carboxylic acids is 1. The van der Waals surface area contributed by atoms with Gasteiger partial charge in [0.2, 0.25) is 0 Å². The SMILES string of the molecule is C=CCn1nc(-c2ccc(SCC)cc2)cc1C(=O)O. The predicted octanol–water partition coefficient (Wildman–Crippen LogP) is 3.55. The van der Waals surface area contributed by atoms with Gasteiger partial charge in [0, 0.05) is 10.5 Å². The van der Waals surface area contributed by atoms with Crippen molar-refractivity contribution in [2.24, 2.45) is 0 Å². The van der Waals surface area contributed by atoms with Gasteiger partial charge in [-0.05, 0) is 24.0 Å². The van der Waals surface area contributed by atoms with Gasteiger partial charge in [0.05, 0.1) is 12.2 Å². The molecule has 0 radical (unpaired) electrons. The van der Waals surface area contributed by atoms with Crippen LogP contribution in [0.25, 0.3) is 11.3 Å². The topological polar surface area (TPSA) is 55.1 Å². The normalized spacial score (nSPS) is 10.4. The summed E-state index contributed by atoms with van der Waals surface area (Å²) in [6.45, 7) is 6.10. The van der Waals surface area contributed by atoms with E-state index in [1.807, 2.05) is 24.3 Å². The highest BCUT2D eigenvalue weighted by atomic mass is 32.2. The van der Waals surface area contributed by atoms with Crippen molar-refractivity contribution in [2.45, 2.75) is 18.4 Å². The lowest BCUT2D eigenvalue weighted by atomic mass is 10.1. The number of rotatable bonds is 6. The van der Waals surface area contributed by atoms with Gasteiger partial charge in [-0.25, -0.2) is 4.79 Å². The van der Waals surface area contributed by atoms with E-state index in [1.165, 1.54) is 9.58 Å². The quantitative estimate of drug-likeness (QED) is 0.652. The summed E-state index contributed by atoms with van der Waals surface area (Å²) >= 11 is 1.77. The van der Waals surface area contributed by atoms with Gasteiger partial charge in [0.1, 0.15) is 5.69 Å². The van der Waals surface area contributed by atoms with E-state index in [0.717, 1.165) is 11.3 Å². The molecule has 1 aromatic carbocycles. The summed E-state index contributed by atoms with van der Waals surface area (Å²) < 4.78 is 1.44. The van der Waals surface area contributed by atoms with Crippen molar-refractivity contribution >= 4 is 17.7 Å². The summed E-state index contributed by atoms with van der Waals surface area (Å²) in [4.78, 5) is 12.4. The van der Waals surface area contributed by atoms with E-state index in [0.29, 0.717) is 12.2 Å². The van der Waals surface area contributed by atoms with Gasteiger partial charge in [-0.1, -0.05) is 25.1 Å². The van der Waals surface area contributed by atoms with Crippen LogP contribution in [0.5, 0.6) is 0 Å². The molecular formula is C15H16N2O2S. The van der Waals surface area contributed by atoms with E-state index < -0.39 is 5.97 Å². The van der Waals surface area contributed by atoms with Crippen molar-refractivity contribution < 1.29 is 9.90 Å². The fraction of sp³-hybridized carbons (Fsp3) is 0.200. The highest BCUT2D eigenvalue weighted by Gasteiger charge is 2.14. The number of carbonyl (C=O) groups is 1. The summed E-state index contributed by atoms with van der Waals surface area (Å²) in [6.07, 6.45) is 1.63. The lowest BCUT2D eigenvalue weighted by molar-refractivity contribution is 0.0684. The minimum Gasteiger partial charge on any atom is -0.477 e. The Balaban J connectivity index is 2.34. The van der Waals surface area contributed by atoms with Crippen molar-refractivity contribution in [3.8, 4) is 11.3 Å². The molecule has 0 fully saturated rings. The molecule has 1 aromatic heterocycles. The Bertz CT molecular complexity index is 617. The second-order valence-corrected chi connectivity index (χ2v) is 5.49. The third-order valence-electron chi connectivity index (χ3n) is 2.76. The Kier molecular flexibility index (Phi) is 4.63. The van der Waals surface area contributed by atoms with Gasteiger partial charge >= 0.3 is 5.97 Å². The van der Waals surface area contributed by atoms with Crippen molar-refractivity contribution in [1.82, 2.24) is 9.78 Å². The minimum absolute atomic E-state index is 0.173. The average molecular weight is 288 g/mol. The van der Waals surface area contributed by atoms with E-state index in [-0.39, 0.29) is 5.69 Å². The summed E-state index contributed by atoms with van der Waals surface area (Å²) in [6, 6.07) is 9.56. The number of aromatic carboxylic acids is 1. The van der Waals surface area contributed by atoms with Crippen LogP contribution in [0.1, 0.15) is 17.4 Å². The molecule has 0 aliphatic heterocycles. The van der Waals surface area contributed by atoms with Crippen LogP contribution in [0.4, 0.5) is 0 Å². The molecule has 1 N–H and O–H groups in total. The van der Waals surface area contributed by atoms with Crippen molar-refractivity contribution in [3.05, 3.63) is 48.7 Å². The van der Waals surface area contributed by atoms with Crippen LogP contribution in [0, 0.1) is 0 Å². The Morgan fingerprint density at radius 2 is 2.15 bits per heavy atom. The van der Waals surface area contributed by atoms with Crippen LogP contribution in [0.15, 0.2) is 47.9 Å². The molecule has 2 rings (SSSR count). The lowest BCUT2D eigenvalue weighted by Gasteiger charge is -2.00. The van der Waals surface area contributed by atoms with Gasteiger partial charge in [-0.15, -0.1) is 18.3 Å². The van der Waals surface area contributed by atoms with E-state index in [2.05, 4.69) is 18.6 Å². The van der Waals surface area contributed by atoms with Crippen molar-refractivity contribution in [3.63, 3.8) is 0 Å². The highest BCUT2D eigenvalue weighted by molar-refractivity contribution is 7.99. The van der Waals surface area contributed by atoms with E-state index in [4.69, 9.17) is 5.11 Å². The standard InChI is InChI=1S/C15H16N2O2S/c1-3-9-17-14(15(18)19)10-13(16-17)11-5-7-12(8-6-11)20-4-2/h3,5-8,10H,1,4,9H2,2H3,(H,18,19). The highest BCUT2D eigenvalue weighted by Crippen LogP contribution is 2.24. The summed E-state index contributed by atoms with van der Waals surface area (Å²) in [5.41, 5.74) is 1.75. The molecule has 0 spiro atoms. The third-order valence-corrected chi connectivity index (χ3v) is 3.66. The van der Waals surface area contributed by atoms with Gasteiger partial charge in [-0.3, -0.25) is 4.68 Å². The number of aromatic nitrogens is 2. The minimum atomic E-state index is -0.983. The first-order valence-corrected chi connectivity index (χ1v) is 7.29. The summed E-state index contributed by atoms with van der Waals surface area (Å²) in [5.74, 6) is 0.0416. The number of hydrogen-bond donors (Lipinski definition) is 1. The Morgan fingerprint density at radius 1 is 1.45 bits per heavy atom. The molecule has 1 heterocycles. The molecule has 0 aliphatic carbocycles. The van der Waals surface area contributed by atoms with E-state index in [9.17, 15) is 4.79 Å². The molecule has 2 aromatic rings. The van der Waals surface area contributed by atoms with Crippen LogP contribution in [0.3, 0.4) is 0 Å². The maximum atomic E-state index is 11.2. The van der Waals surface area contributed by atoms with Crippen LogP contribution in [-0.4, -0.2) is 26.6 Å². The third kappa shape index (κ3) is 3.11. The Hall–Kier alpha value is -2.01. The number of hydrogen-bond acceptors (Lipinski definition) is 3. The van der Waals surface area contributed by atoms with Crippen LogP contribution in [-0.2, 0) is 6.54 Å². The van der Waals surface area contributed by atoms with Gasteiger partial charge in [-0.2, -0.15) is 5.10 Å². The molecule has 20 heavy (non-hydrogen) atoms. The van der Waals surface area contributed by atoms with Gasteiger partial charge < -0.3 is 5.11 Å². The lowest BCUT2D eigenvalue weighted by Crippen LogP contribution is -2.08. The fourth-order valence-corrected chi connectivity index (χ4v) is 2.54. The summed E-state index contributed by atoms with van der Waals surface area (Å²) in [5, 5.41) is 13.5. The van der Waals surface area contributed by atoms with Gasteiger partial charge in [0.25, 0.3) is 0 Å². The second kappa shape index (κ2) is 6.43. The first kappa shape index (κ1) is 14.4. The molecule has 104 valence electrons. The number of allylic oxidation sites excluding steroid dienone is 1. The first-order valence-electron chi connectivity index (χ1n) is 6.31. The molecule has 0 atom stereocenters. The molecule has 0 aliphatic rings. The van der Waals surface area contributed by atoms with Gasteiger partial charge in [0.15, 0.2) is 0 Å². The molecule has 0 bridgehead atoms. The number of nitrogens with zero attached hydrogens (tertiary/aromatic N) is 2. The monoisotopic (exact) mass is 288 g/mol. The van der Waals surface area contributed by atoms with Crippen LogP contribution < -0.4 is 0 Å². The average Bonchev–Trinajstić information content (AvgIpc) is 2.85. The zero-order valence-electron chi connectivity index (χ0n) is 11.2. The maximum Gasteiger partial charge on any atom is 0.354 e. The number of benzene rings is 1. The predicted molar refractivity (Wildman–Crippen MR) is 81.2 cm³/mol. The van der Waals surface area contributed by atoms with Crippen LogP contribution >= 0.6 is 11.8 Å². The smallest absolute Gasteiger partial charge is 0.354 e. The molecule has 0 amide bonds.